The number of carbonyl (C=O) groups excluding carboxylic acids is 1. The van der Waals surface area contributed by atoms with Gasteiger partial charge in [-0.3, -0.25) is 4.79 Å². The molecular weight excluding hydrogens is 228 g/mol. The van der Waals surface area contributed by atoms with Crippen LogP contribution in [0.5, 0.6) is 0 Å². The number of ether oxygens (including phenoxy) is 1. The number of likely N-dealkylation sites (tertiary alicyclic amines) is 1. The van der Waals surface area contributed by atoms with Crippen LogP contribution in [0.1, 0.15) is 38.5 Å². The van der Waals surface area contributed by atoms with Crippen molar-refractivity contribution in [1.82, 2.24) is 4.90 Å². The maximum Gasteiger partial charge on any atom is 0.226 e. The van der Waals surface area contributed by atoms with Crippen molar-refractivity contribution < 1.29 is 9.53 Å². The van der Waals surface area contributed by atoms with E-state index in [1.807, 2.05) is 4.90 Å². The summed E-state index contributed by atoms with van der Waals surface area (Å²) in [4.78, 5) is 14.4. The van der Waals surface area contributed by atoms with Gasteiger partial charge in [0.05, 0.1) is 5.92 Å². The van der Waals surface area contributed by atoms with Gasteiger partial charge in [0.1, 0.15) is 0 Å². The van der Waals surface area contributed by atoms with Crippen LogP contribution in [-0.4, -0.2) is 43.7 Å². The smallest absolute Gasteiger partial charge is 0.226 e. The largest absolute Gasteiger partial charge is 0.381 e. The van der Waals surface area contributed by atoms with E-state index in [0.717, 1.165) is 58.4 Å². The molecule has 0 saturated carbocycles. The van der Waals surface area contributed by atoms with Crippen LogP contribution in [0.15, 0.2) is 0 Å². The monoisotopic (exact) mass is 254 g/mol. The zero-order valence-electron chi connectivity index (χ0n) is 11.3. The number of piperidine rings is 1. The first-order chi connectivity index (χ1) is 8.81. The second-order valence-electron chi connectivity index (χ2n) is 5.61. The van der Waals surface area contributed by atoms with Gasteiger partial charge >= 0.3 is 0 Å². The van der Waals surface area contributed by atoms with Crippen LogP contribution in [0.4, 0.5) is 0 Å². The number of nitrogens with two attached hydrogens (primary N) is 1. The molecule has 18 heavy (non-hydrogen) atoms. The van der Waals surface area contributed by atoms with E-state index in [-0.39, 0.29) is 5.92 Å². The van der Waals surface area contributed by atoms with Gasteiger partial charge in [0.15, 0.2) is 0 Å². The average Bonchev–Trinajstić information content (AvgIpc) is 2.46. The lowest BCUT2D eigenvalue weighted by atomic mass is 9.88. The van der Waals surface area contributed by atoms with Gasteiger partial charge in [-0.05, 0) is 44.4 Å². The quantitative estimate of drug-likeness (QED) is 0.825. The van der Waals surface area contributed by atoms with Gasteiger partial charge in [-0.25, -0.2) is 0 Å². The molecule has 4 nitrogen and oxygen atoms in total. The Bertz CT molecular complexity index is 259. The third-order valence-corrected chi connectivity index (χ3v) is 4.26. The van der Waals surface area contributed by atoms with Crippen molar-refractivity contribution in [2.45, 2.75) is 38.5 Å². The first-order valence-corrected chi connectivity index (χ1v) is 7.38. The molecule has 2 aliphatic heterocycles. The summed E-state index contributed by atoms with van der Waals surface area (Å²) in [6.45, 7) is 4.05. The predicted octanol–water partition coefficient (Wildman–Crippen LogP) is 1.39. The van der Waals surface area contributed by atoms with Crippen molar-refractivity contribution in [1.29, 1.82) is 0 Å². The zero-order valence-corrected chi connectivity index (χ0v) is 11.3. The number of hydrogen-bond acceptors (Lipinski definition) is 3. The molecule has 0 aliphatic carbocycles. The van der Waals surface area contributed by atoms with Gasteiger partial charge in [-0.1, -0.05) is 0 Å². The minimum atomic E-state index is 0.0335. The van der Waals surface area contributed by atoms with Crippen molar-refractivity contribution in [2.24, 2.45) is 17.6 Å². The summed E-state index contributed by atoms with van der Waals surface area (Å²) in [5.41, 5.74) is 5.82. The topological polar surface area (TPSA) is 55.6 Å². The van der Waals surface area contributed by atoms with E-state index in [2.05, 4.69) is 0 Å². The van der Waals surface area contributed by atoms with E-state index in [4.69, 9.17) is 10.5 Å². The average molecular weight is 254 g/mol. The molecule has 2 N–H and O–H groups in total. The predicted molar refractivity (Wildman–Crippen MR) is 71.1 cm³/mol. The standard InChI is InChI=1S/C14H26N2O2/c15-11-13(10-12-4-8-18-9-5-12)14(17)16-6-2-1-3-7-16/h12-13H,1-11,15H2. The van der Waals surface area contributed by atoms with Gasteiger partial charge < -0.3 is 15.4 Å². The van der Waals surface area contributed by atoms with Crippen LogP contribution in [0.25, 0.3) is 0 Å². The molecule has 0 bridgehead atoms. The lowest BCUT2D eigenvalue weighted by Gasteiger charge is -2.32. The first-order valence-electron chi connectivity index (χ1n) is 7.38. The van der Waals surface area contributed by atoms with Gasteiger partial charge in [0, 0.05) is 32.8 Å². The minimum absolute atomic E-state index is 0.0335. The number of carbonyl (C=O) groups is 1. The Morgan fingerprint density at radius 2 is 1.89 bits per heavy atom. The first kappa shape index (κ1) is 13.8. The van der Waals surface area contributed by atoms with E-state index >= 15 is 0 Å². The fourth-order valence-electron chi connectivity index (χ4n) is 3.05. The molecule has 0 aromatic heterocycles. The van der Waals surface area contributed by atoms with Crippen molar-refractivity contribution >= 4 is 5.91 Å². The van der Waals surface area contributed by atoms with Crippen LogP contribution in [-0.2, 0) is 9.53 Å². The third-order valence-electron chi connectivity index (χ3n) is 4.26. The number of nitrogens with zero attached hydrogens (tertiary/aromatic N) is 1. The van der Waals surface area contributed by atoms with Crippen LogP contribution in [0.3, 0.4) is 0 Å². The Balaban J connectivity index is 1.84. The van der Waals surface area contributed by atoms with Crippen molar-refractivity contribution in [3.63, 3.8) is 0 Å². The minimum Gasteiger partial charge on any atom is -0.381 e. The fraction of sp³-hybridized carbons (Fsp3) is 0.929. The molecule has 0 aromatic carbocycles. The Hall–Kier alpha value is -0.610. The highest BCUT2D eigenvalue weighted by atomic mass is 16.5. The van der Waals surface area contributed by atoms with E-state index in [0.29, 0.717) is 18.4 Å². The second kappa shape index (κ2) is 7.10. The highest BCUT2D eigenvalue weighted by Gasteiger charge is 2.27. The summed E-state index contributed by atoms with van der Waals surface area (Å²) >= 11 is 0. The zero-order chi connectivity index (χ0) is 12.8. The summed E-state index contributed by atoms with van der Waals surface area (Å²) in [5.74, 6) is 0.955. The molecule has 0 spiro atoms. The third kappa shape index (κ3) is 3.69. The maximum absolute atomic E-state index is 12.4. The van der Waals surface area contributed by atoms with Gasteiger partial charge in [-0.2, -0.15) is 0 Å². The van der Waals surface area contributed by atoms with Gasteiger partial charge in [0.2, 0.25) is 5.91 Å². The second-order valence-corrected chi connectivity index (χ2v) is 5.61. The summed E-state index contributed by atoms with van der Waals surface area (Å²) in [7, 11) is 0. The fourth-order valence-corrected chi connectivity index (χ4v) is 3.05. The molecule has 1 atom stereocenters. The van der Waals surface area contributed by atoms with Crippen molar-refractivity contribution in [3.8, 4) is 0 Å². The summed E-state index contributed by atoms with van der Waals surface area (Å²) in [6, 6.07) is 0. The summed E-state index contributed by atoms with van der Waals surface area (Å²) in [5, 5.41) is 0. The summed E-state index contributed by atoms with van der Waals surface area (Å²) in [6.07, 6.45) is 6.69. The molecule has 4 heteroatoms. The SMILES string of the molecule is NCC(CC1CCOCC1)C(=O)N1CCCCC1. The molecule has 2 heterocycles. The molecule has 1 amide bonds. The number of amides is 1. The Morgan fingerprint density at radius 1 is 1.22 bits per heavy atom. The van der Waals surface area contributed by atoms with Crippen molar-refractivity contribution in [3.05, 3.63) is 0 Å². The van der Waals surface area contributed by atoms with Crippen LogP contribution >= 0.6 is 0 Å². The van der Waals surface area contributed by atoms with Crippen LogP contribution in [0, 0.1) is 11.8 Å². The lowest BCUT2D eigenvalue weighted by molar-refractivity contribution is -0.137. The van der Waals surface area contributed by atoms with E-state index in [1.54, 1.807) is 0 Å². The number of rotatable bonds is 4. The van der Waals surface area contributed by atoms with E-state index in [9.17, 15) is 4.79 Å². The Morgan fingerprint density at radius 3 is 2.50 bits per heavy atom. The molecule has 2 aliphatic rings. The molecule has 2 rings (SSSR count). The van der Waals surface area contributed by atoms with Crippen LogP contribution in [0.2, 0.25) is 0 Å². The molecule has 2 saturated heterocycles. The lowest BCUT2D eigenvalue weighted by Crippen LogP contribution is -2.42. The summed E-state index contributed by atoms with van der Waals surface area (Å²) < 4.78 is 5.37. The highest BCUT2D eigenvalue weighted by Crippen LogP contribution is 2.24. The van der Waals surface area contributed by atoms with E-state index in [1.165, 1.54) is 6.42 Å². The van der Waals surface area contributed by atoms with Gasteiger partial charge in [0.25, 0.3) is 0 Å². The van der Waals surface area contributed by atoms with Crippen molar-refractivity contribution in [2.75, 3.05) is 32.8 Å². The molecular formula is C14H26N2O2. The van der Waals surface area contributed by atoms with E-state index < -0.39 is 0 Å². The Labute approximate surface area is 110 Å². The molecule has 1 unspecified atom stereocenters. The molecule has 0 radical (unpaired) electrons. The molecule has 0 aromatic rings. The van der Waals surface area contributed by atoms with Gasteiger partial charge in [-0.15, -0.1) is 0 Å². The highest BCUT2D eigenvalue weighted by molar-refractivity contribution is 5.79. The normalized spacial score (nSPS) is 23.9. The Kier molecular flexibility index (Phi) is 5.45. The molecule has 104 valence electrons. The number of hydrogen-bond donors (Lipinski definition) is 1. The van der Waals surface area contributed by atoms with Crippen LogP contribution < -0.4 is 5.73 Å². The molecule has 2 fully saturated rings. The maximum atomic E-state index is 12.4.